The second kappa shape index (κ2) is 11.6. The molecule has 0 fully saturated rings. The Hall–Kier alpha value is -3.60. The molecule has 0 aromatic heterocycles. The van der Waals surface area contributed by atoms with Crippen LogP contribution in [0.15, 0.2) is 84.0 Å². The molecule has 0 spiro atoms. The summed E-state index contributed by atoms with van der Waals surface area (Å²) < 4.78 is 5.65. The van der Waals surface area contributed by atoms with Crippen LogP contribution in [0.5, 0.6) is 5.75 Å². The number of oxime groups is 1. The maximum Gasteiger partial charge on any atom is 0.307 e. The Morgan fingerprint density at radius 1 is 0.903 bits per heavy atom. The van der Waals surface area contributed by atoms with E-state index < -0.39 is 5.97 Å². The summed E-state index contributed by atoms with van der Waals surface area (Å²) in [5.41, 5.74) is 5.01. The quantitative estimate of drug-likeness (QED) is 0.251. The lowest BCUT2D eigenvalue weighted by molar-refractivity contribution is -0.136. The number of carbonyl (C=O) groups is 1. The molecule has 0 aliphatic heterocycles. The van der Waals surface area contributed by atoms with Gasteiger partial charge in [-0.2, -0.15) is 0 Å². The van der Waals surface area contributed by atoms with Crippen LogP contribution in [0.4, 0.5) is 0 Å². The minimum absolute atomic E-state index is 0.0264. The summed E-state index contributed by atoms with van der Waals surface area (Å²) in [6.45, 7) is 2.74. The van der Waals surface area contributed by atoms with E-state index in [4.69, 9.17) is 14.7 Å². The van der Waals surface area contributed by atoms with Gasteiger partial charge in [0.15, 0.2) is 6.61 Å². The van der Waals surface area contributed by atoms with Crippen molar-refractivity contribution in [2.75, 3.05) is 13.2 Å². The van der Waals surface area contributed by atoms with Crippen molar-refractivity contribution in [2.24, 2.45) is 5.16 Å². The lowest BCUT2D eigenvalue weighted by Crippen LogP contribution is -2.07. The van der Waals surface area contributed by atoms with Gasteiger partial charge in [-0.3, -0.25) is 4.79 Å². The van der Waals surface area contributed by atoms with Gasteiger partial charge in [0.2, 0.25) is 0 Å². The van der Waals surface area contributed by atoms with Crippen LogP contribution in [-0.4, -0.2) is 30.0 Å². The van der Waals surface area contributed by atoms with Gasteiger partial charge in [0.05, 0.1) is 12.1 Å². The van der Waals surface area contributed by atoms with Crippen LogP contribution in [0.25, 0.3) is 11.1 Å². The number of benzene rings is 3. The Morgan fingerprint density at radius 2 is 1.65 bits per heavy atom. The highest BCUT2D eigenvalue weighted by atomic mass is 16.6. The maximum absolute atomic E-state index is 10.8. The van der Waals surface area contributed by atoms with E-state index >= 15 is 0 Å². The highest BCUT2D eigenvalue weighted by Gasteiger charge is 2.06. The molecule has 0 aliphatic carbocycles. The van der Waals surface area contributed by atoms with Crippen LogP contribution in [0, 0.1) is 0 Å². The Morgan fingerprint density at radius 3 is 2.35 bits per heavy atom. The molecule has 0 amide bonds. The predicted octanol–water partition coefficient (Wildman–Crippen LogP) is 5.58. The van der Waals surface area contributed by atoms with Crippen molar-refractivity contribution < 1.29 is 19.5 Å². The highest BCUT2D eigenvalue weighted by Crippen LogP contribution is 2.20. The van der Waals surface area contributed by atoms with Gasteiger partial charge >= 0.3 is 5.97 Å². The van der Waals surface area contributed by atoms with Crippen molar-refractivity contribution in [3.63, 3.8) is 0 Å². The third-order valence-electron chi connectivity index (χ3n) is 4.68. The molecule has 3 aromatic carbocycles. The topological polar surface area (TPSA) is 68.1 Å². The summed E-state index contributed by atoms with van der Waals surface area (Å²) in [5, 5.41) is 13.2. The first kappa shape index (κ1) is 22.1. The molecular formula is C26H27NO4. The number of aliphatic carboxylic acids is 1. The zero-order valence-electron chi connectivity index (χ0n) is 17.7. The second-order valence-corrected chi connectivity index (χ2v) is 7.13. The van der Waals surface area contributed by atoms with Crippen molar-refractivity contribution in [2.45, 2.75) is 26.2 Å². The molecule has 3 rings (SSSR count). The molecule has 3 aromatic rings. The van der Waals surface area contributed by atoms with Crippen molar-refractivity contribution >= 4 is 11.7 Å². The molecular weight excluding hydrogens is 390 g/mol. The van der Waals surface area contributed by atoms with Crippen LogP contribution < -0.4 is 4.74 Å². The maximum atomic E-state index is 10.8. The van der Waals surface area contributed by atoms with E-state index in [0.717, 1.165) is 24.1 Å². The molecule has 0 bridgehead atoms. The summed E-state index contributed by atoms with van der Waals surface area (Å²) in [7, 11) is 0. The van der Waals surface area contributed by atoms with Gasteiger partial charge in [-0.15, -0.1) is 0 Å². The molecule has 0 saturated carbocycles. The Balaban J connectivity index is 1.55. The van der Waals surface area contributed by atoms with E-state index in [2.05, 4.69) is 48.5 Å². The van der Waals surface area contributed by atoms with Crippen LogP contribution in [0.1, 0.15) is 30.9 Å². The number of hydrogen-bond acceptors (Lipinski definition) is 4. The van der Waals surface area contributed by atoms with Crippen LogP contribution in [-0.2, 0) is 16.1 Å². The van der Waals surface area contributed by atoms with Crippen LogP contribution >= 0.6 is 0 Å². The standard InChI is InChI=1S/C26H27NO4/c1-2-7-25(23-14-12-22(13-15-23)21-9-4-3-5-10-21)27-31-17-16-30-24-11-6-8-20(18-24)19-26(28)29/h3-6,8-15,18H,2,7,16-17,19H2,1H3,(H,28,29). The molecule has 0 radical (unpaired) electrons. The number of hydrogen-bond donors (Lipinski definition) is 1. The predicted molar refractivity (Wildman–Crippen MR) is 123 cm³/mol. The van der Waals surface area contributed by atoms with Crippen LogP contribution in [0.2, 0.25) is 0 Å². The fourth-order valence-electron chi connectivity index (χ4n) is 3.21. The first-order valence-electron chi connectivity index (χ1n) is 10.4. The summed E-state index contributed by atoms with van der Waals surface area (Å²) in [4.78, 5) is 16.3. The van der Waals surface area contributed by atoms with E-state index in [1.807, 2.05) is 18.2 Å². The summed E-state index contributed by atoms with van der Waals surface area (Å²) in [6, 6.07) is 25.7. The molecule has 5 nitrogen and oxygen atoms in total. The molecule has 31 heavy (non-hydrogen) atoms. The smallest absolute Gasteiger partial charge is 0.307 e. The van der Waals surface area contributed by atoms with Gasteiger partial charge < -0.3 is 14.7 Å². The monoisotopic (exact) mass is 417 g/mol. The molecule has 5 heteroatoms. The molecule has 0 saturated heterocycles. The average Bonchev–Trinajstić information content (AvgIpc) is 2.79. The largest absolute Gasteiger partial charge is 0.490 e. The second-order valence-electron chi connectivity index (χ2n) is 7.13. The lowest BCUT2D eigenvalue weighted by Gasteiger charge is -2.09. The first-order valence-corrected chi connectivity index (χ1v) is 10.4. The van der Waals surface area contributed by atoms with E-state index in [9.17, 15) is 4.79 Å². The van der Waals surface area contributed by atoms with Gasteiger partial charge in [-0.05, 0) is 40.8 Å². The van der Waals surface area contributed by atoms with Crippen molar-refractivity contribution in [1.29, 1.82) is 0 Å². The van der Waals surface area contributed by atoms with E-state index in [1.54, 1.807) is 24.3 Å². The minimum atomic E-state index is -0.866. The Labute approximate surface area is 182 Å². The van der Waals surface area contributed by atoms with E-state index in [-0.39, 0.29) is 6.42 Å². The Bertz CT molecular complexity index is 997. The fourth-order valence-corrected chi connectivity index (χ4v) is 3.21. The minimum Gasteiger partial charge on any atom is -0.490 e. The highest BCUT2D eigenvalue weighted by molar-refractivity contribution is 6.00. The number of carboxylic acids is 1. The van der Waals surface area contributed by atoms with Gasteiger partial charge in [-0.1, -0.05) is 85.2 Å². The lowest BCUT2D eigenvalue weighted by atomic mass is 10.0. The average molecular weight is 418 g/mol. The van der Waals surface area contributed by atoms with E-state index in [1.165, 1.54) is 11.1 Å². The molecule has 0 aliphatic rings. The van der Waals surface area contributed by atoms with Gasteiger partial charge in [0.1, 0.15) is 12.4 Å². The molecule has 0 atom stereocenters. The zero-order valence-corrected chi connectivity index (χ0v) is 17.7. The normalized spacial score (nSPS) is 11.2. The zero-order chi connectivity index (χ0) is 21.9. The molecule has 160 valence electrons. The van der Waals surface area contributed by atoms with E-state index in [0.29, 0.717) is 24.5 Å². The third-order valence-corrected chi connectivity index (χ3v) is 4.68. The van der Waals surface area contributed by atoms with Gasteiger partial charge in [0, 0.05) is 0 Å². The number of carboxylic acid groups (broad SMARTS) is 1. The van der Waals surface area contributed by atoms with Crippen LogP contribution in [0.3, 0.4) is 0 Å². The SMILES string of the molecule is CCCC(=NOCCOc1cccc(CC(=O)O)c1)c1ccc(-c2ccccc2)cc1. The number of ether oxygens (including phenoxy) is 1. The first-order chi connectivity index (χ1) is 15.2. The van der Waals surface area contributed by atoms with Gasteiger partial charge in [0.25, 0.3) is 0 Å². The summed E-state index contributed by atoms with van der Waals surface area (Å²) >= 11 is 0. The van der Waals surface area contributed by atoms with Crippen molar-refractivity contribution in [1.82, 2.24) is 0 Å². The third kappa shape index (κ3) is 7.00. The number of nitrogens with zero attached hydrogens (tertiary/aromatic N) is 1. The summed E-state index contributed by atoms with van der Waals surface area (Å²) in [5.74, 6) is -0.244. The Kier molecular flexibility index (Phi) is 8.23. The number of rotatable bonds is 11. The van der Waals surface area contributed by atoms with Gasteiger partial charge in [-0.25, -0.2) is 0 Å². The van der Waals surface area contributed by atoms with Crippen molar-refractivity contribution in [3.8, 4) is 16.9 Å². The molecule has 1 N–H and O–H groups in total. The molecule has 0 unspecified atom stereocenters. The molecule has 0 heterocycles. The fraction of sp³-hybridized carbons (Fsp3) is 0.231. The summed E-state index contributed by atoms with van der Waals surface area (Å²) in [6.07, 6.45) is 1.76. The van der Waals surface area contributed by atoms with Crippen molar-refractivity contribution in [3.05, 3.63) is 90.0 Å².